The van der Waals surface area contributed by atoms with Gasteiger partial charge in [0.05, 0.1) is 11.1 Å². The van der Waals surface area contributed by atoms with Crippen LogP contribution in [0.3, 0.4) is 0 Å². The van der Waals surface area contributed by atoms with Gasteiger partial charge >= 0.3 is 0 Å². The maximum Gasteiger partial charge on any atom is 0.280 e. The minimum absolute atomic E-state index is 0.275. The fraction of sp³-hybridized carbons (Fsp3) is 0.0625. The summed E-state index contributed by atoms with van der Waals surface area (Å²) in [6.45, 7) is -0.294. The maximum atomic E-state index is 12.1. The van der Waals surface area contributed by atoms with Crippen molar-refractivity contribution in [1.82, 2.24) is 10.4 Å². The Labute approximate surface area is 126 Å². The lowest BCUT2D eigenvalue weighted by molar-refractivity contribution is -0.126. The third-order valence-electron chi connectivity index (χ3n) is 3.14. The molecule has 3 amide bonds. The number of carbonyl (C=O) groups excluding carboxylic acids is 3. The molecule has 0 saturated heterocycles. The van der Waals surface area contributed by atoms with Crippen LogP contribution >= 0.6 is 0 Å². The Morgan fingerprint density at radius 1 is 0.909 bits per heavy atom. The Morgan fingerprint density at radius 2 is 1.45 bits per heavy atom. The fourth-order valence-electron chi connectivity index (χ4n) is 2.11. The summed E-state index contributed by atoms with van der Waals surface area (Å²) in [6, 6.07) is 15.2. The van der Waals surface area contributed by atoms with Crippen LogP contribution in [0.5, 0.6) is 5.75 Å². The molecule has 0 spiro atoms. The summed E-state index contributed by atoms with van der Waals surface area (Å²) in [7, 11) is 0. The molecule has 0 radical (unpaired) electrons. The Bertz CT molecular complexity index is 708. The van der Waals surface area contributed by atoms with E-state index in [0.29, 0.717) is 10.8 Å². The van der Waals surface area contributed by atoms with Crippen molar-refractivity contribution in [2.75, 3.05) is 6.61 Å². The molecule has 2 aromatic rings. The summed E-state index contributed by atoms with van der Waals surface area (Å²) in [5.74, 6) is -1.15. The summed E-state index contributed by atoms with van der Waals surface area (Å²) in [5.41, 5.74) is 2.82. The van der Waals surface area contributed by atoms with Gasteiger partial charge in [-0.25, -0.2) is 0 Å². The average Bonchev–Trinajstić information content (AvgIpc) is 2.79. The van der Waals surface area contributed by atoms with E-state index in [1.165, 1.54) is 0 Å². The van der Waals surface area contributed by atoms with Gasteiger partial charge in [0.15, 0.2) is 6.61 Å². The summed E-state index contributed by atoms with van der Waals surface area (Å²) >= 11 is 0. The van der Waals surface area contributed by atoms with Gasteiger partial charge < -0.3 is 4.74 Å². The molecule has 6 nitrogen and oxygen atoms in total. The molecular formula is C16H12N2O4. The van der Waals surface area contributed by atoms with Crippen molar-refractivity contribution in [3.8, 4) is 5.75 Å². The second-order valence-electron chi connectivity index (χ2n) is 4.63. The van der Waals surface area contributed by atoms with E-state index in [1.807, 2.05) is 6.07 Å². The van der Waals surface area contributed by atoms with Gasteiger partial charge in [-0.05, 0) is 24.3 Å². The predicted octanol–water partition coefficient (Wildman–Crippen LogP) is 1.39. The SMILES string of the molecule is O=C(COc1ccccc1)NN1C(=O)c2ccccc2C1=O. The van der Waals surface area contributed by atoms with E-state index in [1.54, 1.807) is 48.5 Å². The third-order valence-corrected chi connectivity index (χ3v) is 3.14. The van der Waals surface area contributed by atoms with Crippen molar-refractivity contribution in [3.63, 3.8) is 0 Å². The van der Waals surface area contributed by atoms with Crippen molar-refractivity contribution >= 4 is 17.7 Å². The van der Waals surface area contributed by atoms with Gasteiger partial charge in [0.1, 0.15) is 5.75 Å². The lowest BCUT2D eigenvalue weighted by Gasteiger charge is -2.15. The highest BCUT2D eigenvalue weighted by molar-refractivity contribution is 6.21. The third kappa shape index (κ3) is 2.54. The van der Waals surface area contributed by atoms with Crippen molar-refractivity contribution in [2.45, 2.75) is 0 Å². The second kappa shape index (κ2) is 5.69. The predicted molar refractivity (Wildman–Crippen MR) is 77.0 cm³/mol. The molecule has 0 unspecified atom stereocenters. The minimum Gasteiger partial charge on any atom is -0.484 e. The number of hydrogen-bond donors (Lipinski definition) is 1. The van der Waals surface area contributed by atoms with Crippen LogP contribution < -0.4 is 10.2 Å². The number of fused-ring (bicyclic) bond motifs is 1. The number of amides is 3. The Balaban J connectivity index is 1.63. The number of hydrazine groups is 1. The molecule has 110 valence electrons. The molecule has 22 heavy (non-hydrogen) atoms. The molecule has 0 atom stereocenters. The zero-order valence-corrected chi connectivity index (χ0v) is 11.5. The van der Waals surface area contributed by atoms with Gasteiger partial charge in [-0.15, -0.1) is 0 Å². The number of para-hydroxylation sites is 1. The molecular weight excluding hydrogens is 284 g/mol. The Morgan fingerprint density at radius 3 is 2.05 bits per heavy atom. The van der Waals surface area contributed by atoms with Gasteiger partial charge in [0.25, 0.3) is 17.7 Å². The molecule has 0 saturated carbocycles. The largest absolute Gasteiger partial charge is 0.484 e. The maximum absolute atomic E-state index is 12.1. The fourth-order valence-corrected chi connectivity index (χ4v) is 2.11. The molecule has 0 bridgehead atoms. The number of hydrogen-bond acceptors (Lipinski definition) is 4. The van der Waals surface area contributed by atoms with E-state index in [-0.39, 0.29) is 17.7 Å². The van der Waals surface area contributed by atoms with E-state index in [0.717, 1.165) is 0 Å². The first-order valence-electron chi connectivity index (χ1n) is 6.62. The first kappa shape index (κ1) is 13.8. The molecule has 0 aliphatic carbocycles. The zero-order chi connectivity index (χ0) is 15.5. The van der Waals surface area contributed by atoms with Crippen LogP contribution in [0.1, 0.15) is 20.7 Å². The number of imide groups is 1. The molecule has 1 aliphatic rings. The van der Waals surface area contributed by atoms with E-state index < -0.39 is 17.7 Å². The van der Waals surface area contributed by atoms with Gasteiger partial charge in [-0.3, -0.25) is 19.8 Å². The Kier molecular flexibility index (Phi) is 3.57. The van der Waals surface area contributed by atoms with Crippen LogP contribution in [-0.4, -0.2) is 29.3 Å². The van der Waals surface area contributed by atoms with E-state index in [9.17, 15) is 14.4 Å². The molecule has 0 aromatic heterocycles. The van der Waals surface area contributed by atoms with Gasteiger partial charge in [0, 0.05) is 0 Å². The van der Waals surface area contributed by atoms with Crippen LogP contribution in [0.15, 0.2) is 54.6 Å². The molecule has 6 heteroatoms. The number of benzene rings is 2. The molecule has 1 aliphatic heterocycles. The van der Waals surface area contributed by atoms with E-state index in [2.05, 4.69) is 5.43 Å². The van der Waals surface area contributed by atoms with Gasteiger partial charge in [0.2, 0.25) is 0 Å². The molecule has 2 aromatic carbocycles. The van der Waals surface area contributed by atoms with Crippen molar-refractivity contribution in [2.24, 2.45) is 0 Å². The number of rotatable bonds is 4. The van der Waals surface area contributed by atoms with Crippen LogP contribution in [0.25, 0.3) is 0 Å². The highest BCUT2D eigenvalue weighted by Crippen LogP contribution is 2.20. The number of carbonyl (C=O) groups is 3. The van der Waals surface area contributed by atoms with E-state index >= 15 is 0 Å². The lowest BCUT2D eigenvalue weighted by Crippen LogP contribution is -2.47. The second-order valence-corrected chi connectivity index (χ2v) is 4.63. The monoisotopic (exact) mass is 296 g/mol. The van der Waals surface area contributed by atoms with Crippen LogP contribution in [0, 0.1) is 0 Å². The Hall–Kier alpha value is -3.15. The van der Waals surface area contributed by atoms with Crippen LogP contribution in [0.2, 0.25) is 0 Å². The average molecular weight is 296 g/mol. The quantitative estimate of drug-likeness (QED) is 0.865. The highest BCUT2D eigenvalue weighted by Gasteiger charge is 2.36. The topological polar surface area (TPSA) is 75.7 Å². The first-order chi connectivity index (χ1) is 10.7. The normalized spacial score (nSPS) is 13.0. The van der Waals surface area contributed by atoms with Crippen molar-refractivity contribution < 1.29 is 19.1 Å². The van der Waals surface area contributed by atoms with Crippen LogP contribution in [-0.2, 0) is 4.79 Å². The summed E-state index contributed by atoms with van der Waals surface area (Å²) < 4.78 is 5.26. The number of ether oxygens (including phenoxy) is 1. The number of nitrogens with one attached hydrogen (secondary N) is 1. The summed E-state index contributed by atoms with van der Waals surface area (Å²) in [6.07, 6.45) is 0. The minimum atomic E-state index is -0.585. The smallest absolute Gasteiger partial charge is 0.280 e. The van der Waals surface area contributed by atoms with Gasteiger partial charge in [-0.2, -0.15) is 5.01 Å². The first-order valence-corrected chi connectivity index (χ1v) is 6.62. The number of nitrogens with zero attached hydrogens (tertiary/aromatic N) is 1. The summed E-state index contributed by atoms with van der Waals surface area (Å²) in [5, 5.41) is 0.710. The summed E-state index contributed by atoms with van der Waals surface area (Å²) in [4.78, 5) is 36.0. The van der Waals surface area contributed by atoms with E-state index in [4.69, 9.17) is 4.74 Å². The van der Waals surface area contributed by atoms with Crippen molar-refractivity contribution in [3.05, 3.63) is 65.7 Å². The van der Waals surface area contributed by atoms with Gasteiger partial charge in [-0.1, -0.05) is 30.3 Å². The highest BCUT2D eigenvalue weighted by atomic mass is 16.5. The van der Waals surface area contributed by atoms with Crippen molar-refractivity contribution in [1.29, 1.82) is 0 Å². The zero-order valence-electron chi connectivity index (χ0n) is 11.5. The lowest BCUT2D eigenvalue weighted by atomic mass is 10.1. The molecule has 0 fully saturated rings. The molecule has 1 heterocycles. The standard InChI is InChI=1S/C16H12N2O4/c19-14(10-22-11-6-2-1-3-7-11)17-18-15(20)12-8-4-5-9-13(12)16(18)21/h1-9H,10H2,(H,17,19). The van der Waals surface area contributed by atoms with Crippen LogP contribution in [0.4, 0.5) is 0 Å². The molecule has 3 rings (SSSR count). The molecule has 1 N–H and O–H groups in total.